The normalized spacial score (nSPS) is 14.2. The van der Waals surface area contributed by atoms with Crippen LogP contribution in [0.15, 0.2) is 22.7 Å². The standard InChI is InChI=1S/C12H17BrN2O2/c1-7-3-4-9(10(13)5-7)12(17)15-6-11(14)8(2)16/h3-5,8,11,16H,6,14H2,1-2H3,(H,15,17). The molecule has 5 heteroatoms. The van der Waals surface area contributed by atoms with E-state index in [1.165, 1.54) is 0 Å². The van der Waals surface area contributed by atoms with Gasteiger partial charge >= 0.3 is 0 Å². The average molecular weight is 301 g/mol. The Morgan fingerprint density at radius 3 is 2.76 bits per heavy atom. The average Bonchev–Trinajstić information content (AvgIpc) is 2.25. The number of amides is 1. The summed E-state index contributed by atoms with van der Waals surface area (Å²) in [6.45, 7) is 3.80. The van der Waals surface area contributed by atoms with Crippen LogP contribution >= 0.6 is 15.9 Å². The maximum atomic E-state index is 11.8. The van der Waals surface area contributed by atoms with Crippen molar-refractivity contribution in [3.8, 4) is 0 Å². The molecule has 2 unspecified atom stereocenters. The van der Waals surface area contributed by atoms with E-state index in [2.05, 4.69) is 21.2 Å². The van der Waals surface area contributed by atoms with E-state index in [0.29, 0.717) is 5.56 Å². The summed E-state index contributed by atoms with van der Waals surface area (Å²) < 4.78 is 0.751. The SMILES string of the molecule is Cc1ccc(C(=O)NCC(N)C(C)O)c(Br)c1. The fourth-order valence-electron chi connectivity index (χ4n) is 1.28. The van der Waals surface area contributed by atoms with Gasteiger partial charge in [0.1, 0.15) is 0 Å². The van der Waals surface area contributed by atoms with Gasteiger partial charge in [0.2, 0.25) is 0 Å². The molecule has 0 saturated carbocycles. The highest BCUT2D eigenvalue weighted by Gasteiger charge is 2.13. The van der Waals surface area contributed by atoms with Gasteiger partial charge in [0.25, 0.3) is 5.91 Å². The molecule has 17 heavy (non-hydrogen) atoms. The Morgan fingerprint density at radius 1 is 1.59 bits per heavy atom. The lowest BCUT2D eigenvalue weighted by atomic mass is 10.1. The van der Waals surface area contributed by atoms with Crippen LogP contribution in [0, 0.1) is 6.92 Å². The zero-order chi connectivity index (χ0) is 13.0. The molecule has 1 rings (SSSR count). The first-order chi connectivity index (χ1) is 7.91. The van der Waals surface area contributed by atoms with Crippen LogP contribution in [-0.4, -0.2) is 29.7 Å². The van der Waals surface area contributed by atoms with E-state index in [1.54, 1.807) is 13.0 Å². The predicted molar refractivity (Wildman–Crippen MR) is 70.9 cm³/mol. The molecular weight excluding hydrogens is 284 g/mol. The Labute approximate surface area is 109 Å². The molecule has 4 nitrogen and oxygen atoms in total. The summed E-state index contributed by atoms with van der Waals surface area (Å²) in [5.41, 5.74) is 7.27. The lowest BCUT2D eigenvalue weighted by molar-refractivity contribution is 0.0937. The van der Waals surface area contributed by atoms with Crippen LogP contribution in [0.5, 0.6) is 0 Å². The van der Waals surface area contributed by atoms with E-state index in [1.807, 2.05) is 19.1 Å². The van der Waals surface area contributed by atoms with Crippen LogP contribution < -0.4 is 11.1 Å². The van der Waals surface area contributed by atoms with Gasteiger partial charge in [-0.2, -0.15) is 0 Å². The molecule has 0 bridgehead atoms. The van der Waals surface area contributed by atoms with Crippen molar-refractivity contribution in [2.24, 2.45) is 5.73 Å². The van der Waals surface area contributed by atoms with Crippen molar-refractivity contribution in [1.82, 2.24) is 5.32 Å². The molecule has 1 aromatic carbocycles. The maximum absolute atomic E-state index is 11.8. The maximum Gasteiger partial charge on any atom is 0.252 e. The van der Waals surface area contributed by atoms with Crippen molar-refractivity contribution in [3.63, 3.8) is 0 Å². The van der Waals surface area contributed by atoms with E-state index in [9.17, 15) is 9.90 Å². The first kappa shape index (κ1) is 14.2. The second-order valence-corrected chi connectivity index (χ2v) is 4.95. The van der Waals surface area contributed by atoms with Crippen molar-refractivity contribution >= 4 is 21.8 Å². The lowest BCUT2D eigenvalue weighted by Crippen LogP contribution is -2.43. The molecule has 0 aromatic heterocycles. The molecule has 1 amide bonds. The summed E-state index contributed by atoms with van der Waals surface area (Å²) in [4.78, 5) is 11.8. The Morgan fingerprint density at radius 2 is 2.24 bits per heavy atom. The Kier molecular flexibility index (Phi) is 5.11. The highest BCUT2D eigenvalue weighted by molar-refractivity contribution is 9.10. The molecule has 0 aliphatic carbocycles. The van der Waals surface area contributed by atoms with Gasteiger partial charge in [-0.1, -0.05) is 6.07 Å². The molecule has 0 radical (unpaired) electrons. The Bertz CT molecular complexity index is 407. The van der Waals surface area contributed by atoms with Crippen molar-refractivity contribution in [2.45, 2.75) is 26.0 Å². The van der Waals surface area contributed by atoms with Crippen molar-refractivity contribution in [2.75, 3.05) is 6.54 Å². The van der Waals surface area contributed by atoms with E-state index in [-0.39, 0.29) is 12.5 Å². The quantitative estimate of drug-likeness (QED) is 0.782. The number of nitrogens with two attached hydrogens (primary N) is 1. The highest BCUT2D eigenvalue weighted by atomic mass is 79.9. The van der Waals surface area contributed by atoms with Gasteiger partial charge in [-0.15, -0.1) is 0 Å². The van der Waals surface area contributed by atoms with Gasteiger partial charge in [0.05, 0.1) is 11.7 Å². The number of aryl methyl sites for hydroxylation is 1. The minimum Gasteiger partial charge on any atom is -0.392 e. The summed E-state index contributed by atoms with van der Waals surface area (Å²) >= 11 is 3.34. The number of halogens is 1. The van der Waals surface area contributed by atoms with Crippen LogP contribution in [0.25, 0.3) is 0 Å². The molecule has 0 heterocycles. The molecule has 0 aliphatic rings. The third-order valence-corrected chi connectivity index (χ3v) is 3.14. The predicted octanol–water partition coefficient (Wildman–Crippen LogP) is 1.20. The van der Waals surface area contributed by atoms with Crippen molar-refractivity contribution in [3.05, 3.63) is 33.8 Å². The molecule has 0 aliphatic heterocycles. The van der Waals surface area contributed by atoms with Crippen LogP contribution in [0.2, 0.25) is 0 Å². The van der Waals surface area contributed by atoms with E-state index < -0.39 is 12.1 Å². The topological polar surface area (TPSA) is 75.4 Å². The fourth-order valence-corrected chi connectivity index (χ4v) is 1.95. The van der Waals surface area contributed by atoms with Gasteiger partial charge in [0.15, 0.2) is 0 Å². The molecule has 0 saturated heterocycles. The minimum atomic E-state index is -0.642. The van der Waals surface area contributed by atoms with E-state index in [4.69, 9.17) is 5.73 Å². The van der Waals surface area contributed by atoms with Crippen LogP contribution in [0.3, 0.4) is 0 Å². The monoisotopic (exact) mass is 300 g/mol. The van der Waals surface area contributed by atoms with Gasteiger partial charge in [-0.05, 0) is 47.5 Å². The van der Waals surface area contributed by atoms with Crippen LogP contribution in [0.1, 0.15) is 22.8 Å². The second kappa shape index (κ2) is 6.14. The number of hydrogen-bond acceptors (Lipinski definition) is 3. The summed E-state index contributed by atoms with van der Waals surface area (Å²) in [5, 5.41) is 11.9. The number of rotatable bonds is 4. The third-order valence-electron chi connectivity index (χ3n) is 2.49. The highest BCUT2D eigenvalue weighted by Crippen LogP contribution is 2.18. The first-order valence-electron chi connectivity index (χ1n) is 5.40. The van der Waals surface area contributed by atoms with Gasteiger partial charge in [-0.3, -0.25) is 4.79 Å². The van der Waals surface area contributed by atoms with Gasteiger partial charge < -0.3 is 16.2 Å². The summed E-state index contributed by atoms with van der Waals surface area (Å²) in [5.74, 6) is -0.201. The number of hydrogen-bond donors (Lipinski definition) is 3. The van der Waals surface area contributed by atoms with Crippen molar-refractivity contribution < 1.29 is 9.90 Å². The molecule has 94 valence electrons. The lowest BCUT2D eigenvalue weighted by Gasteiger charge is -2.15. The number of benzene rings is 1. The molecule has 1 aromatic rings. The molecule has 0 fully saturated rings. The Hall–Kier alpha value is -0.910. The summed E-state index contributed by atoms with van der Waals surface area (Å²) in [7, 11) is 0. The summed E-state index contributed by atoms with van der Waals surface area (Å²) in [6.07, 6.45) is -0.642. The molecule has 4 N–H and O–H groups in total. The zero-order valence-electron chi connectivity index (χ0n) is 9.90. The summed E-state index contributed by atoms with van der Waals surface area (Å²) in [6, 6.07) is 5.05. The first-order valence-corrected chi connectivity index (χ1v) is 6.19. The van der Waals surface area contributed by atoms with E-state index >= 15 is 0 Å². The van der Waals surface area contributed by atoms with Gasteiger partial charge in [0, 0.05) is 17.1 Å². The minimum absolute atomic E-state index is 0.201. The number of aliphatic hydroxyl groups excluding tert-OH is 1. The number of carbonyl (C=O) groups excluding carboxylic acids is 1. The largest absolute Gasteiger partial charge is 0.392 e. The van der Waals surface area contributed by atoms with Gasteiger partial charge in [-0.25, -0.2) is 0 Å². The zero-order valence-corrected chi connectivity index (χ0v) is 11.5. The number of nitrogens with one attached hydrogen (secondary N) is 1. The number of aliphatic hydroxyl groups is 1. The Balaban J connectivity index is 2.64. The second-order valence-electron chi connectivity index (χ2n) is 4.10. The smallest absolute Gasteiger partial charge is 0.252 e. The fraction of sp³-hybridized carbons (Fsp3) is 0.417. The molecular formula is C12H17BrN2O2. The third kappa shape index (κ3) is 4.11. The van der Waals surface area contributed by atoms with Crippen LogP contribution in [0.4, 0.5) is 0 Å². The number of carbonyl (C=O) groups is 1. The van der Waals surface area contributed by atoms with Crippen molar-refractivity contribution in [1.29, 1.82) is 0 Å². The van der Waals surface area contributed by atoms with Crippen LogP contribution in [-0.2, 0) is 0 Å². The molecule has 2 atom stereocenters. The molecule has 0 spiro atoms. The van der Waals surface area contributed by atoms with E-state index in [0.717, 1.165) is 10.0 Å².